The van der Waals surface area contributed by atoms with Gasteiger partial charge in [-0.2, -0.15) is 22.2 Å². The zero-order valence-corrected chi connectivity index (χ0v) is 12.8. The van der Waals surface area contributed by atoms with Gasteiger partial charge in [0.05, 0.1) is 0 Å². The van der Waals surface area contributed by atoms with Crippen LogP contribution in [0, 0.1) is 0 Å². The fourth-order valence-corrected chi connectivity index (χ4v) is 3.94. The van der Waals surface area contributed by atoms with Gasteiger partial charge < -0.3 is 0 Å². The summed E-state index contributed by atoms with van der Waals surface area (Å²) in [7, 11) is -1.58. The van der Waals surface area contributed by atoms with Crippen LogP contribution in [0.15, 0.2) is 0 Å². The predicted octanol–water partition coefficient (Wildman–Crippen LogP) is 4.87. The Balaban J connectivity index is 3.78. The molecule has 0 rings (SSSR count). The molecular weight excluding hydrogens is 278 g/mol. The summed E-state index contributed by atoms with van der Waals surface area (Å²) < 4.78 is 0. The van der Waals surface area contributed by atoms with Crippen LogP contribution in [-0.2, 0) is 0 Å². The topological polar surface area (TPSA) is 0 Å². The maximum absolute atomic E-state index is 6.03. The lowest BCUT2D eigenvalue weighted by molar-refractivity contribution is 0.603. The van der Waals surface area contributed by atoms with E-state index in [4.69, 9.17) is 45.4 Å². The molecule has 0 radical (unpaired) electrons. The van der Waals surface area contributed by atoms with E-state index in [1.54, 1.807) is 0 Å². The molecule has 2 atom stereocenters. The second-order valence-electron chi connectivity index (χ2n) is 3.81. The zero-order valence-electron chi connectivity index (χ0n) is 8.65. The molecule has 0 aliphatic rings. The molecule has 0 saturated heterocycles. The molecule has 0 aliphatic carbocycles. The molecule has 0 amide bonds. The van der Waals surface area contributed by atoms with Crippen LogP contribution < -0.4 is 0 Å². The quantitative estimate of drug-likeness (QED) is 0.357. The minimum Gasteiger partial charge on any atom is -0.150 e. The van der Waals surface area contributed by atoms with Crippen LogP contribution >= 0.6 is 45.4 Å². The van der Waals surface area contributed by atoms with E-state index in [1.165, 1.54) is 0 Å². The molecule has 0 aliphatic heterocycles. The Bertz CT molecular complexity index is 127. The Kier molecular flexibility index (Phi) is 9.36. The van der Waals surface area contributed by atoms with Crippen LogP contribution in [0.2, 0.25) is 5.54 Å². The fraction of sp³-hybridized carbons (Fsp3) is 1.00. The molecule has 0 N–H and O–H groups in total. The third-order valence-corrected chi connectivity index (χ3v) is 6.18. The molecule has 0 saturated carbocycles. The first-order chi connectivity index (χ1) is 6.43. The first kappa shape index (κ1) is 15.4. The summed E-state index contributed by atoms with van der Waals surface area (Å²) in [5.74, 6) is 0. The largest absolute Gasteiger partial charge is 0.240 e. The van der Waals surface area contributed by atoms with Gasteiger partial charge in [0.2, 0.25) is 7.42 Å². The Morgan fingerprint density at radius 1 is 0.857 bits per heavy atom. The summed E-state index contributed by atoms with van der Waals surface area (Å²) in [4.78, 5) is 0. The molecule has 5 heteroatoms. The summed E-state index contributed by atoms with van der Waals surface area (Å²) in [5, 5.41) is 0.430. The van der Waals surface area contributed by atoms with E-state index in [0.29, 0.717) is 5.54 Å². The molecule has 0 heterocycles. The van der Waals surface area contributed by atoms with Crippen molar-refractivity contribution in [3.8, 4) is 0 Å². The maximum Gasteiger partial charge on any atom is 0.240 e. The van der Waals surface area contributed by atoms with Crippen molar-refractivity contribution in [1.29, 1.82) is 0 Å². The van der Waals surface area contributed by atoms with E-state index in [0.717, 1.165) is 25.7 Å². The maximum atomic E-state index is 6.03. The average Bonchev–Trinajstić information content (AvgIpc) is 2.02. The van der Waals surface area contributed by atoms with Gasteiger partial charge in [0.25, 0.3) is 0 Å². The van der Waals surface area contributed by atoms with Crippen molar-refractivity contribution >= 4 is 52.8 Å². The van der Waals surface area contributed by atoms with Crippen molar-refractivity contribution in [3.05, 3.63) is 0 Å². The van der Waals surface area contributed by atoms with Crippen molar-refractivity contribution in [3.63, 3.8) is 0 Å². The van der Waals surface area contributed by atoms with Crippen LogP contribution in [0.1, 0.15) is 39.5 Å². The predicted molar refractivity (Wildman–Crippen MR) is 71.7 cm³/mol. The SMILES string of the molecule is CC(Cl)CCC(CCC(C)Cl)[SiH](Cl)Cl. The molecule has 0 spiro atoms. The van der Waals surface area contributed by atoms with Crippen molar-refractivity contribution in [2.45, 2.75) is 55.8 Å². The van der Waals surface area contributed by atoms with Gasteiger partial charge in [-0.05, 0) is 45.1 Å². The number of halogens is 4. The van der Waals surface area contributed by atoms with E-state index in [9.17, 15) is 0 Å². The second-order valence-corrected chi connectivity index (χ2v) is 10.4. The second kappa shape index (κ2) is 8.52. The lowest BCUT2D eigenvalue weighted by Crippen LogP contribution is -2.10. The molecule has 0 aromatic rings. The Morgan fingerprint density at radius 2 is 1.21 bits per heavy atom. The standard InChI is InChI=1S/C9H18Cl4Si/c1-7(10)3-5-9(14(12)13)6-4-8(2)11/h7-9,14H,3-6H2,1-2H3. The highest BCUT2D eigenvalue weighted by atomic mass is 35.7. The van der Waals surface area contributed by atoms with Crippen molar-refractivity contribution in [2.24, 2.45) is 0 Å². The highest BCUT2D eigenvalue weighted by Gasteiger charge is 2.20. The van der Waals surface area contributed by atoms with E-state index in [-0.39, 0.29) is 10.8 Å². The molecule has 0 fully saturated rings. The Hall–Kier alpha value is 1.38. The van der Waals surface area contributed by atoms with Gasteiger partial charge in [-0.1, -0.05) is 0 Å². The lowest BCUT2D eigenvalue weighted by atomic mass is 10.1. The van der Waals surface area contributed by atoms with Gasteiger partial charge in [0.1, 0.15) is 0 Å². The van der Waals surface area contributed by atoms with E-state index < -0.39 is 7.42 Å². The lowest BCUT2D eigenvalue weighted by Gasteiger charge is -2.17. The first-order valence-electron chi connectivity index (χ1n) is 4.99. The van der Waals surface area contributed by atoms with E-state index in [2.05, 4.69) is 0 Å². The van der Waals surface area contributed by atoms with Gasteiger partial charge in [-0.25, -0.2) is 0 Å². The van der Waals surface area contributed by atoms with Gasteiger partial charge in [-0.15, -0.1) is 23.2 Å². The molecule has 0 bridgehead atoms. The van der Waals surface area contributed by atoms with Gasteiger partial charge in [0, 0.05) is 10.8 Å². The summed E-state index contributed by atoms with van der Waals surface area (Å²) >= 11 is 23.8. The van der Waals surface area contributed by atoms with E-state index in [1.807, 2.05) is 13.8 Å². The third kappa shape index (κ3) is 8.67. The van der Waals surface area contributed by atoms with Crippen molar-refractivity contribution in [2.75, 3.05) is 0 Å². The zero-order chi connectivity index (χ0) is 11.1. The van der Waals surface area contributed by atoms with Gasteiger partial charge in [-0.3, -0.25) is 0 Å². The highest BCUT2D eigenvalue weighted by Crippen LogP contribution is 2.30. The molecule has 2 unspecified atom stereocenters. The van der Waals surface area contributed by atoms with Gasteiger partial charge >= 0.3 is 0 Å². The minimum absolute atomic E-state index is 0.215. The van der Waals surface area contributed by atoms with Crippen LogP contribution in [0.5, 0.6) is 0 Å². The smallest absolute Gasteiger partial charge is 0.150 e. The fourth-order valence-electron chi connectivity index (χ4n) is 1.28. The molecule has 86 valence electrons. The number of hydrogen-bond acceptors (Lipinski definition) is 0. The van der Waals surface area contributed by atoms with Crippen molar-refractivity contribution in [1.82, 2.24) is 0 Å². The highest BCUT2D eigenvalue weighted by molar-refractivity contribution is 7.34. The van der Waals surface area contributed by atoms with E-state index >= 15 is 0 Å². The number of alkyl halides is 2. The third-order valence-electron chi connectivity index (χ3n) is 2.23. The first-order valence-corrected chi connectivity index (χ1v) is 10.0. The minimum atomic E-state index is -1.58. The van der Waals surface area contributed by atoms with Gasteiger partial charge in [0.15, 0.2) is 0 Å². The van der Waals surface area contributed by atoms with Crippen LogP contribution in [0.3, 0.4) is 0 Å². The van der Waals surface area contributed by atoms with Crippen LogP contribution in [0.25, 0.3) is 0 Å². The molecule has 0 nitrogen and oxygen atoms in total. The monoisotopic (exact) mass is 294 g/mol. The Morgan fingerprint density at radius 3 is 1.43 bits per heavy atom. The summed E-state index contributed by atoms with van der Waals surface area (Å²) in [6, 6.07) is 0. The molecule has 0 aromatic carbocycles. The number of hydrogen-bond donors (Lipinski definition) is 0. The molecular formula is C9H18Cl4Si. The summed E-state index contributed by atoms with van der Waals surface area (Å²) in [5.41, 5.74) is 0.459. The summed E-state index contributed by atoms with van der Waals surface area (Å²) in [6.07, 6.45) is 4.06. The average molecular weight is 296 g/mol. The molecule has 14 heavy (non-hydrogen) atoms. The Labute approximate surface area is 108 Å². The number of rotatable bonds is 7. The van der Waals surface area contributed by atoms with Crippen molar-refractivity contribution < 1.29 is 0 Å². The van der Waals surface area contributed by atoms with Crippen LogP contribution in [0.4, 0.5) is 0 Å². The summed E-state index contributed by atoms with van der Waals surface area (Å²) in [6.45, 7) is 4.00. The van der Waals surface area contributed by atoms with Crippen LogP contribution in [-0.4, -0.2) is 18.2 Å². The normalized spacial score (nSPS) is 18.2. The molecule has 0 aromatic heterocycles.